The second-order valence-electron chi connectivity index (χ2n) is 1.82. The number of hydrogen-bond acceptors (Lipinski definition) is 3. The van der Waals surface area contributed by atoms with Crippen molar-refractivity contribution < 1.29 is 4.55 Å². The van der Waals surface area contributed by atoms with E-state index in [2.05, 4.69) is 0 Å². The fourth-order valence-electron chi connectivity index (χ4n) is 0.751. The van der Waals surface area contributed by atoms with E-state index in [9.17, 15) is 4.55 Å². The van der Waals surface area contributed by atoms with Gasteiger partial charge in [0.2, 0.25) is 0 Å². The predicted octanol–water partition coefficient (Wildman–Crippen LogP) is 2.46. The van der Waals surface area contributed by atoms with Crippen molar-refractivity contribution in [2.45, 2.75) is 9.79 Å². The van der Waals surface area contributed by atoms with E-state index in [4.69, 9.17) is 0 Å². The van der Waals surface area contributed by atoms with E-state index in [1.807, 2.05) is 24.3 Å². The second-order valence-corrected chi connectivity index (χ2v) is 6.89. The minimum Gasteiger partial charge on any atom is -0.593 e. The average molecular weight is 188 g/mol. The number of benzene rings is 1. The van der Waals surface area contributed by atoms with Gasteiger partial charge in [-0.25, -0.2) is 0 Å². The fraction of sp³-hybridized carbons (Fsp3) is 0. The highest BCUT2D eigenvalue weighted by Crippen LogP contribution is 2.49. The normalized spacial score (nSPS) is 17.3. The minimum atomic E-state index is -0.786. The number of fused-ring (bicyclic) bond motifs is 1. The summed E-state index contributed by atoms with van der Waals surface area (Å²) in [5, 5.41) is 0. The molecular weight excluding hydrogens is 184 g/mol. The summed E-state index contributed by atoms with van der Waals surface area (Å²) < 4.78 is 10.9. The molecule has 1 heterocycles. The molecule has 0 amide bonds. The van der Waals surface area contributed by atoms with Gasteiger partial charge in [0.1, 0.15) is 30.8 Å². The first-order valence-corrected chi connectivity index (χ1v) is 6.55. The molecule has 0 N–H and O–H groups in total. The Morgan fingerprint density at radius 3 is 2.10 bits per heavy atom. The molecule has 0 saturated carbocycles. The molecule has 0 spiro atoms. The van der Waals surface area contributed by atoms with Crippen molar-refractivity contribution >= 4 is 30.8 Å². The molecular formula is C6H4OS3. The van der Waals surface area contributed by atoms with Gasteiger partial charge in [0.25, 0.3) is 0 Å². The molecule has 0 aromatic heterocycles. The quantitative estimate of drug-likeness (QED) is 0.461. The zero-order valence-electron chi connectivity index (χ0n) is 4.94. The van der Waals surface area contributed by atoms with E-state index in [1.165, 1.54) is 21.6 Å². The molecule has 52 valence electrons. The summed E-state index contributed by atoms with van der Waals surface area (Å²) in [4.78, 5) is 2.29. The first-order valence-electron chi connectivity index (χ1n) is 2.74. The maximum Gasteiger partial charge on any atom is 0.142 e. The van der Waals surface area contributed by atoms with Crippen LogP contribution in [0.2, 0.25) is 0 Å². The van der Waals surface area contributed by atoms with Gasteiger partial charge in [-0.3, -0.25) is 0 Å². The maximum absolute atomic E-state index is 10.9. The summed E-state index contributed by atoms with van der Waals surface area (Å²) in [7, 11) is 2.07. The van der Waals surface area contributed by atoms with Crippen LogP contribution in [0.15, 0.2) is 34.1 Å². The molecule has 1 nitrogen and oxygen atoms in total. The fourth-order valence-corrected chi connectivity index (χ4v) is 5.69. The highest BCUT2D eigenvalue weighted by molar-refractivity contribution is 9.05. The lowest BCUT2D eigenvalue weighted by atomic mass is 10.4. The smallest absolute Gasteiger partial charge is 0.142 e. The van der Waals surface area contributed by atoms with Crippen LogP contribution in [0.25, 0.3) is 0 Å². The molecule has 0 fully saturated rings. The number of rotatable bonds is 0. The first-order chi connectivity index (χ1) is 4.86. The lowest BCUT2D eigenvalue weighted by Gasteiger charge is -1.90. The van der Waals surface area contributed by atoms with E-state index in [-0.39, 0.29) is 0 Å². The second kappa shape index (κ2) is 2.70. The van der Waals surface area contributed by atoms with Crippen molar-refractivity contribution in [3.63, 3.8) is 0 Å². The van der Waals surface area contributed by atoms with Gasteiger partial charge in [0.05, 0.1) is 9.79 Å². The summed E-state index contributed by atoms with van der Waals surface area (Å²) in [6.07, 6.45) is 0. The molecule has 2 rings (SSSR count). The van der Waals surface area contributed by atoms with Crippen LogP contribution in [0.1, 0.15) is 0 Å². The number of hydrogen-bond donors (Lipinski definition) is 0. The van der Waals surface area contributed by atoms with Crippen molar-refractivity contribution in [1.29, 1.82) is 0 Å². The Kier molecular flexibility index (Phi) is 1.86. The van der Waals surface area contributed by atoms with Crippen LogP contribution in [0.3, 0.4) is 0 Å². The predicted molar refractivity (Wildman–Crippen MR) is 46.3 cm³/mol. The van der Waals surface area contributed by atoms with Gasteiger partial charge < -0.3 is 4.55 Å². The molecule has 10 heavy (non-hydrogen) atoms. The van der Waals surface area contributed by atoms with E-state index in [1.54, 1.807) is 0 Å². The van der Waals surface area contributed by atoms with Crippen molar-refractivity contribution in [2.75, 3.05) is 0 Å². The Balaban J connectivity index is 2.42. The minimum absolute atomic E-state index is 0.786. The molecule has 1 aliphatic heterocycles. The lowest BCUT2D eigenvalue weighted by Crippen LogP contribution is -1.74. The first kappa shape index (κ1) is 6.91. The monoisotopic (exact) mass is 188 g/mol. The third-order valence-electron chi connectivity index (χ3n) is 1.16. The summed E-state index contributed by atoms with van der Waals surface area (Å²) in [5.41, 5.74) is 0. The van der Waals surface area contributed by atoms with Gasteiger partial charge in [-0.15, -0.1) is 0 Å². The largest absolute Gasteiger partial charge is 0.593 e. The van der Waals surface area contributed by atoms with Crippen LogP contribution < -0.4 is 0 Å². The van der Waals surface area contributed by atoms with Crippen LogP contribution in [0.5, 0.6) is 0 Å². The Hall–Kier alpha value is 0.230. The summed E-state index contributed by atoms with van der Waals surface area (Å²) in [5.74, 6) is 0. The van der Waals surface area contributed by atoms with E-state index in [0.717, 1.165) is 9.79 Å². The molecule has 0 unspecified atom stereocenters. The standard InChI is InChI=1S/C6H4OS3/c7-10-8-5-3-1-2-4-6(5)9-10/h1-4H. The molecule has 1 aromatic rings. The van der Waals surface area contributed by atoms with Gasteiger partial charge in [0, 0.05) is 0 Å². The Morgan fingerprint density at radius 1 is 1.10 bits per heavy atom. The SMILES string of the molecule is [O-][S+]1Sc2ccccc2S1. The third kappa shape index (κ3) is 1.16. The molecule has 0 aliphatic carbocycles. The molecule has 0 bridgehead atoms. The molecule has 1 aliphatic rings. The maximum atomic E-state index is 10.9. The zero-order chi connectivity index (χ0) is 6.97. The van der Waals surface area contributed by atoms with Gasteiger partial charge >= 0.3 is 0 Å². The Bertz CT molecular complexity index is 226. The van der Waals surface area contributed by atoms with Gasteiger partial charge in [0.15, 0.2) is 0 Å². The average Bonchev–Trinajstić information content (AvgIpc) is 2.27. The Labute approximate surface area is 69.6 Å². The van der Waals surface area contributed by atoms with Gasteiger partial charge in [-0.05, 0) is 12.1 Å². The summed E-state index contributed by atoms with van der Waals surface area (Å²) >= 11 is 0. The summed E-state index contributed by atoms with van der Waals surface area (Å²) in [6, 6.07) is 7.93. The van der Waals surface area contributed by atoms with Crippen molar-refractivity contribution in [3.05, 3.63) is 24.3 Å². The molecule has 0 atom stereocenters. The molecule has 1 aromatic carbocycles. The van der Waals surface area contributed by atoms with Gasteiger partial charge in [-0.2, -0.15) is 0 Å². The highest BCUT2D eigenvalue weighted by Gasteiger charge is 2.26. The van der Waals surface area contributed by atoms with E-state index < -0.39 is 9.24 Å². The van der Waals surface area contributed by atoms with E-state index >= 15 is 0 Å². The van der Waals surface area contributed by atoms with Crippen molar-refractivity contribution in [2.24, 2.45) is 0 Å². The van der Waals surface area contributed by atoms with Crippen LogP contribution in [-0.2, 0) is 9.24 Å². The van der Waals surface area contributed by atoms with Crippen LogP contribution in [-0.4, -0.2) is 4.55 Å². The van der Waals surface area contributed by atoms with Crippen molar-refractivity contribution in [1.82, 2.24) is 0 Å². The van der Waals surface area contributed by atoms with Crippen LogP contribution in [0.4, 0.5) is 0 Å². The summed E-state index contributed by atoms with van der Waals surface area (Å²) in [6.45, 7) is 0. The zero-order valence-corrected chi connectivity index (χ0v) is 7.39. The van der Waals surface area contributed by atoms with Crippen molar-refractivity contribution in [3.8, 4) is 0 Å². The molecule has 4 heteroatoms. The van der Waals surface area contributed by atoms with Crippen LogP contribution >= 0.6 is 21.6 Å². The third-order valence-corrected chi connectivity index (χ3v) is 5.76. The lowest BCUT2D eigenvalue weighted by molar-refractivity contribution is 0.622. The van der Waals surface area contributed by atoms with Gasteiger partial charge in [-0.1, -0.05) is 12.1 Å². The highest BCUT2D eigenvalue weighted by atomic mass is 33.5. The molecule has 0 radical (unpaired) electrons. The topological polar surface area (TPSA) is 23.1 Å². The van der Waals surface area contributed by atoms with Crippen LogP contribution in [0, 0.1) is 0 Å². The Morgan fingerprint density at radius 2 is 1.60 bits per heavy atom. The molecule has 0 saturated heterocycles. The van der Waals surface area contributed by atoms with E-state index in [0.29, 0.717) is 0 Å².